The molecule has 0 atom stereocenters. The van der Waals surface area contributed by atoms with Crippen LogP contribution in [0.2, 0.25) is 0 Å². The maximum absolute atomic E-state index is 12.1. The summed E-state index contributed by atoms with van der Waals surface area (Å²) in [6, 6.07) is 20.0. The minimum Gasteiger partial charge on any atom is -0.492 e. The summed E-state index contributed by atoms with van der Waals surface area (Å²) < 4.78 is 8.19. The molecule has 4 aromatic rings. The smallest absolute Gasteiger partial charge is 0.261 e. The van der Waals surface area contributed by atoms with Crippen molar-refractivity contribution in [1.29, 1.82) is 0 Å². The molecule has 0 fully saturated rings. The van der Waals surface area contributed by atoms with Crippen LogP contribution in [0.1, 0.15) is 27.5 Å². The van der Waals surface area contributed by atoms with E-state index in [0.29, 0.717) is 13.2 Å². The molecule has 154 valence electrons. The highest BCUT2D eigenvalue weighted by atomic mass is 32.1. The van der Waals surface area contributed by atoms with Crippen molar-refractivity contribution >= 4 is 28.3 Å². The Morgan fingerprint density at radius 2 is 2.03 bits per heavy atom. The fourth-order valence-electron chi connectivity index (χ4n) is 3.47. The number of aromatic nitrogens is 2. The number of ether oxygens (including phenoxy) is 1. The summed E-state index contributed by atoms with van der Waals surface area (Å²) >= 11 is 1.46. The highest BCUT2D eigenvalue weighted by Gasteiger charge is 2.11. The normalized spacial score (nSPS) is 11.0. The van der Waals surface area contributed by atoms with Crippen LogP contribution < -0.4 is 10.1 Å². The van der Waals surface area contributed by atoms with Crippen LogP contribution in [-0.2, 0) is 13.0 Å². The van der Waals surface area contributed by atoms with Gasteiger partial charge in [-0.05, 0) is 54.6 Å². The third-order valence-corrected chi connectivity index (χ3v) is 5.78. The van der Waals surface area contributed by atoms with Crippen LogP contribution in [0.15, 0.2) is 66.0 Å². The van der Waals surface area contributed by atoms with Crippen molar-refractivity contribution in [1.82, 2.24) is 14.9 Å². The van der Waals surface area contributed by atoms with Gasteiger partial charge in [-0.2, -0.15) is 0 Å². The molecule has 0 saturated carbocycles. The average Bonchev–Trinajstić information content (AvgIpc) is 3.40. The molecule has 4 rings (SSSR count). The fourth-order valence-corrected chi connectivity index (χ4v) is 4.11. The van der Waals surface area contributed by atoms with Crippen molar-refractivity contribution < 1.29 is 9.53 Å². The number of carbonyl (C=O) groups is 1. The van der Waals surface area contributed by atoms with Crippen LogP contribution in [0.25, 0.3) is 11.0 Å². The largest absolute Gasteiger partial charge is 0.492 e. The molecule has 6 heteroatoms. The summed E-state index contributed by atoms with van der Waals surface area (Å²) in [7, 11) is 0. The molecular formula is C24H25N3O2S. The first-order valence-electron chi connectivity index (χ1n) is 10.2. The van der Waals surface area contributed by atoms with Crippen LogP contribution in [0.4, 0.5) is 0 Å². The molecule has 1 N–H and O–H groups in total. The van der Waals surface area contributed by atoms with Crippen molar-refractivity contribution in [2.45, 2.75) is 26.3 Å². The number of nitrogens with zero attached hydrogens (tertiary/aromatic N) is 2. The lowest BCUT2D eigenvalue weighted by atomic mass is 10.2. The molecule has 0 saturated heterocycles. The first-order chi connectivity index (χ1) is 14.7. The van der Waals surface area contributed by atoms with E-state index < -0.39 is 0 Å². The highest BCUT2D eigenvalue weighted by molar-refractivity contribution is 7.12. The summed E-state index contributed by atoms with van der Waals surface area (Å²) in [5.41, 5.74) is 3.29. The molecule has 0 aliphatic heterocycles. The van der Waals surface area contributed by atoms with E-state index >= 15 is 0 Å². The number of aryl methyl sites for hydroxylation is 2. The number of para-hydroxylation sites is 2. The van der Waals surface area contributed by atoms with Crippen molar-refractivity contribution in [3.05, 3.63) is 82.3 Å². The van der Waals surface area contributed by atoms with Crippen molar-refractivity contribution in [3.8, 4) is 5.75 Å². The predicted octanol–water partition coefficient (Wildman–Crippen LogP) is 4.85. The summed E-state index contributed by atoms with van der Waals surface area (Å²) in [6.07, 6.45) is 1.63. The second-order valence-electron chi connectivity index (χ2n) is 7.17. The van der Waals surface area contributed by atoms with Gasteiger partial charge in [0.1, 0.15) is 18.2 Å². The molecule has 0 aliphatic rings. The van der Waals surface area contributed by atoms with E-state index in [0.717, 1.165) is 46.9 Å². The summed E-state index contributed by atoms with van der Waals surface area (Å²) in [4.78, 5) is 17.6. The Morgan fingerprint density at radius 1 is 1.13 bits per heavy atom. The van der Waals surface area contributed by atoms with Gasteiger partial charge in [-0.15, -0.1) is 11.3 Å². The van der Waals surface area contributed by atoms with Gasteiger partial charge in [-0.25, -0.2) is 4.98 Å². The lowest BCUT2D eigenvalue weighted by Gasteiger charge is -2.11. The number of nitrogens with one attached hydrogen (secondary N) is 1. The number of hydrogen-bond donors (Lipinski definition) is 1. The van der Waals surface area contributed by atoms with Gasteiger partial charge in [-0.1, -0.05) is 30.3 Å². The Balaban J connectivity index is 1.38. The maximum atomic E-state index is 12.1. The molecule has 5 nitrogen and oxygen atoms in total. The van der Waals surface area contributed by atoms with Gasteiger partial charge in [0.2, 0.25) is 0 Å². The van der Waals surface area contributed by atoms with Gasteiger partial charge in [0.05, 0.1) is 22.5 Å². The Hall–Kier alpha value is -3.12. The van der Waals surface area contributed by atoms with Gasteiger partial charge >= 0.3 is 0 Å². The zero-order chi connectivity index (χ0) is 20.8. The van der Waals surface area contributed by atoms with Crippen molar-refractivity contribution in [2.24, 2.45) is 0 Å². The molecule has 1 amide bonds. The quantitative estimate of drug-likeness (QED) is 0.395. The van der Waals surface area contributed by atoms with Crippen LogP contribution in [0.5, 0.6) is 5.75 Å². The third kappa shape index (κ3) is 4.89. The van der Waals surface area contributed by atoms with E-state index in [1.54, 1.807) is 0 Å². The number of thiophene rings is 1. The highest BCUT2D eigenvalue weighted by Crippen LogP contribution is 2.18. The number of carbonyl (C=O) groups excluding carboxylic acids is 1. The van der Waals surface area contributed by atoms with Gasteiger partial charge in [0, 0.05) is 13.0 Å². The number of fused-ring (bicyclic) bond motifs is 1. The van der Waals surface area contributed by atoms with Crippen molar-refractivity contribution in [3.63, 3.8) is 0 Å². The minimum absolute atomic E-state index is 0.00921. The molecule has 2 aromatic heterocycles. The van der Waals surface area contributed by atoms with Crippen molar-refractivity contribution in [2.75, 3.05) is 13.2 Å². The van der Waals surface area contributed by atoms with Crippen LogP contribution >= 0.6 is 11.3 Å². The zero-order valence-electron chi connectivity index (χ0n) is 17.0. The molecule has 0 bridgehead atoms. The van der Waals surface area contributed by atoms with E-state index in [2.05, 4.69) is 28.9 Å². The average molecular weight is 420 g/mol. The molecular weight excluding hydrogens is 394 g/mol. The Labute approximate surface area is 180 Å². The number of rotatable bonds is 9. The first kappa shape index (κ1) is 20.2. The molecule has 0 radical (unpaired) electrons. The molecule has 0 aliphatic carbocycles. The Kier molecular flexibility index (Phi) is 6.44. The second-order valence-corrected chi connectivity index (χ2v) is 8.12. The first-order valence-corrected chi connectivity index (χ1v) is 11.0. The number of hydrogen-bond acceptors (Lipinski definition) is 4. The summed E-state index contributed by atoms with van der Waals surface area (Å²) in [5, 5.41) is 4.90. The SMILES string of the molecule is Cc1cccc(OCCn2c(CCCNC(=O)c3cccs3)nc3ccccc32)c1. The number of imidazole rings is 1. The minimum atomic E-state index is -0.00921. The summed E-state index contributed by atoms with van der Waals surface area (Å²) in [5.74, 6) is 1.90. The number of amides is 1. The van der Waals surface area contributed by atoms with E-state index in [1.807, 2.05) is 53.9 Å². The lowest BCUT2D eigenvalue weighted by Crippen LogP contribution is -2.24. The van der Waals surface area contributed by atoms with E-state index in [1.165, 1.54) is 16.9 Å². The van der Waals surface area contributed by atoms with E-state index in [4.69, 9.17) is 9.72 Å². The maximum Gasteiger partial charge on any atom is 0.261 e. The lowest BCUT2D eigenvalue weighted by molar-refractivity contribution is 0.0957. The molecule has 0 spiro atoms. The van der Waals surface area contributed by atoms with Gasteiger partial charge in [0.15, 0.2) is 0 Å². The molecule has 2 aromatic carbocycles. The second kappa shape index (κ2) is 9.59. The zero-order valence-corrected chi connectivity index (χ0v) is 17.8. The monoisotopic (exact) mass is 419 g/mol. The third-order valence-electron chi connectivity index (χ3n) is 4.91. The molecule has 2 heterocycles. The molecule has 0 unspecified atom stereocenters. The van der Waals surface area contributed by atoms with Crippen LogP contribution in [0, 0.1) is 6.92 Å². The molecule has 30 heavy (non-hydrogen) atoms. The van der Waals surface area contributed by atoms with Crippen LogP contribution in [-0.4, -0.2) is 28.6 Å². The standard InChI is InChI=1S/C24H25N3O2S/c1-18-7-4-8-19(17-18)29-15-14-27-21-10-3-2-9-20(21)26-23(27)12-5-13-25-24(28)22-11-6-16-30-22/h2-4,6-11,16-17H,5,12-15H2,1H3,(H,25,28). The van der Waals surface area contributed by atoms with Gasteiger partial charge in [-0.3, -0.25) is 4.79 Å². The predicted molar refractivity (Wildman–Crippen MR) is 121 cm³/mol. The van der Waals surface area contributed by atoms with E-state index in [-0.39, 0.29) is 5.91 Å². The van der Waals surface area contributed by atoms with Crippen LogP contribution in [0.3, 0.4) is 0 Å². The topological polar surface area (TPSA) is 56.1 Å². The Bertz CT molecular complexity index is 1120. The van der Waals surface area contributed by atoms with Gasteiger partial charge < -0.3 is 14.6 Å². The van der Waals surface area contributed by atoms with Gasteiger partial charge in [0.25, 0.3) is 5.91 Å². The fraction of sp³-hybridized carbons (Fsp3) is 0.250. The summed E-state index contributed by atoms with van der Waals surface area (Å²) in [6.45, 7) is 3.99. The Morgan fingerprint density at radius 3 is 2.87 bits per heavy atom. The number of benzene rings is 2. The van der Waals surface area contributed by atoms with E-state index in [9.17, 15) is 4.79 Å².